The Morgan fingerprint density at radius 2 is 1.79 bits per heavy atom. The molecule has 0 bridgehead atoms. The van der Waals surface area contributed by atoms with Crippen LogP contribution in [0.2, 0.25) is 0 Å². The van der Waals surface area contributed by atoms with Gasteiger partial charge >= 0.3 is 5.97 Å². The zero-order valence-corrected chi connectivity index (χ0v) is 17.3. The predicted molar refractivity (Wildman–Crippen MR) is 107 cm³/mol. The maximum absolute atomic E-state index is 12.4. The standard InChI is InChI=1S/C21H24N2O5S/c1-22(2)29(26,27)19-10-6-9-17(11-19)15-28-21(25)18-12-20(24)23(14-18)13-16-7-4-3-5-8-16/h3-11,18H,12-15H2,1-2H3/t18-/m1/s1. The third-order valence-electron chi connectivity index (χ3n) is 4.82. The molecular weight excluding hydrogens is 392 g/mol. The summed E-state index contributed by atoms with van der Waals surface area (Å²) in [6.45, 7) is 0.745. The highest BCUT2D eigenvalue weighted by Crippen LogP contribution is 2.22. The van der Waals surface area contributed by atoms with Crippen LogP contribution < -0.4 is 0 Å². The molecule has 0 unspecified atom stereocenters. The maximum Gasteiger partial charge on any atom is 0.311 e. The molecule has 0 aromatic heterocycles. The van der Waals surface area contributed by atoms with Crippen LogP contribution in [0.5, 0.6) is 0 Å². The van der Waals surface area contributed by atoms with E-state index >= 15 is 0 Å². The maximum atomic E-state index is 12.4. The fraction of sp³-hybridized carbons (Fsp3) is 0.333. The van der Waals surface area contributed by atoms with Crippen LogP contribution in [-0.2, 0) is 37.5 Å². The Bertz CT molecular complexity index is 989. The van der Waals surface area contributed by atoms with Crippen LogP contribution in [-0.4, -0.2) is 50.1 Å². The second kappa shape index (κ2) is 8.75. The van der Waals surface area contributed by atoms with Gasteiger partial charge < -0.3 is 9.64 Å². The van der Waals surface area contributed by atoms with Crippen molar-refractivity contribution in [1.29, 1.82) is 0 Å². The first kappa shape index (κ1) is 21.0. The van der Waals surface area contributed by atoms with Gasteiger partial charge in [0.2, 0.25) is 15.9 Å². The van der Waals surface area contributed by atoms with Gasteiger partial charge in [-0.2, -0.15) is 0 Å². The number of esters is 1. The van der Waals surface area contributed by atoms with Gasteiger partial charge in [0.1, 0.15) is 6.61 Å². The first-order chi connectivity index (χ1) is 13.8. The SMILES string of the molecule is CN(C)S(=O)(=O)c1cccc(COC(=O)[C@@H]2CC(=O)N(Cc3ccccc3)C2)c1. The van der Waals surface area contributed by atoms with Gasteiger partial charge in [-0.05, 0) is 23.3 Å². The second-order valence-corrected chi connectivity index (χ2v) is 9.36. The van der Waals surface area contributed by atoms with Crippen LogP contribution in [0.4, 0.5) is 0 Å². The number of rotatable bonds is 7. The minimum atomic E-state index is -3.56. The summed E-state index contributed by atoms with van der Waals surface area (Å²) in [5.74, 6) is -1.04. The third-order valence-corrected chi connectivity index (χ3v) is 6.63. The Morgan fingerprint density at radius 1 is 1.10 bits per heavy atom. The van der Waals surface area contributed by atoms with Crippen molar-refractivity contribution < 1.29 is 22.7 Å². The number of benzene rings is 2. The van der Waals surface area contributed by atoms with Crippen LogP contribution in [0.25, 0.3) is 0 Å². The van der Waals surface area contributed by atoms with Gasteiger partial charge in [-0.3, -0.25) is 9.59 Å². The summed E-state index contributed by atoms with van der Waals surface area (Å²) in [6, 6.07) is 15.9. The molecule has 2 aromatic carbocycles. The molecule has 1 saturated heterocycles. The smallest absolute Gasteiger partial charge is 0.311 e. The Balaban J connectivity index is 1.58. The van der Waals surface area contributed by atoms with Gasteiger partial charge in [-0.1, -0.05) is 42.5 Å². The van der Waals surface area contributed by atoms with Gasteiger partial charge in [0.05, 0.1) is 10.8 Å². The van der Waals surface area contributed by atoms with E-state index in [0.29, 0.717) is 18.7 Å². The normalized spacial score (nSPS) is 17.0. The zero-order chi connectivity index (χ0) is 21.0. The predicted octanol–water partition coefficient (Wildman–Crippen LogP) is 2.03. The number of carbonyl (C=O) groups excluding carboxylic acids is 2. The molecule has 0 spiro atoms. The van der Waals surface area contributed by atoms with Crippen LogP contribution in [0, 0.1) is 5.92 Å². The van der Waals surface area contributed by atoms with Crippen molar-refractivity contribution in [2.24, 2.45) is 5.92 Å². The van der Waals surface area contributed by atoms with E-state index < -0.39 is 21.9 Å². The summed E-state index contributed by atoms with van der Waals surface area (Å²) in [5, 5.41) is 0. The van der Waals surface area contributed by atoms with Crippen molar-refractivity contribution in [3.8, 4) is 0 Å². The quantitative estimate of drug-likeness (QED) is 0.645. The van der Waals surface area contributed by atoms with E-state index in [-0.39, 0.29) is 23.8 Å². The molecule has 0 radical (unpaired) electrons. The monoisotopic (exact) mass is 416 g/mol. The van der Waals surface area contributed by atoms with E-state index in [4.69, 9.17) is 4.74 Å². The van der Waals surface area contributed by atoms with Gasteiger partial charge in [-0.25, -0.2) is 12.7 Å². The topological polar surface area (TPSA) is 84.0 Å². The molecule has 7 nitrogen and oxygen atoms in total. The summed E-state index contributed by atoms with van der Waals surface area (Å²) in [5.41, 5.74) is 1.58. The molecule has 1 fully saturated rings. The van der Waals surface area contributed by atoms with Crippen molar-refractivity contribution in [3.63, 3.8) is 0 Å². The van der Waals surface area contributed by atoms with Crippen molar-refractivity contribution in [1.82, 2.24) is 9.21 Å². The zero-order valence-electron chi connectivity index (χ0n) is 16.4. The molecule has 1 aliphatic heterocycles. The molecule has 154 valence electrons. The molecule has 0 N–H and O–H groups in total. The van der Waals surface area contributed by atoms with E-state index in [1.54, 1.807) is 17.0 Å². The molecule has 8 heteroatoms. The summed E-state index contributed by atoms with van der Waals surface area (Å²) >= 11 is 0. The van der Waals surface area contributed by atoms with Crippen LogP contribution in [0.1, 0.15) is 17.5 Å². The van der Waals surface area contributed by atoms with Crippen molar-refractivity contribution in [2.45, 2.75) is 24.5 Å². The highest BCUT2D eigenvalue weighted by Gasteiger charge is 2.35. The van der Waals surface area contributed by atoms with E-state index in [1.807, 2.05) is 30.3 Å². The Kier molecular flexibility index (Phi) is 6.34. The number of amides is 1. The summed E-state index contributed by atoms with van der Waals surface area (Å²) in [6.07, 6.45) is 0.126. The van der Waals surface area contributed by atoms with Crippen LogP contribution in [0.15, 0.2) is 59.5 Å². The second-order valence-electron chi connectivity index (χ2n) is 7.20. The number of carbonyl (C=O) groups is 2. The number of hydrogen-bond donors (Lipinski definition) is 0. The van der Waals surface area contributed by atoms with E-state index in [9.17, 15) is 18.0 Å². The molecular formula is C21H24N2O5S. The number of ether oxygens (including phenoxy) is 1. The lowest BCUT2D eigenvalue weighted by molar-refractivity contribution is -0.149. The van der Waals surface area contributed by atoms with Gasteiger partial charge in [-0.15, -0.1) is 0 Å². The minimum absolute atomic E-state index is 0.0427. The number of sulfonamides is 1. The van der Waals surface area contributed by atoms with Crippen LogP contribution >= 0.6 is 0 Å². The molecule has 3 rings (SSSR count). The Morgan fingerprint density at radius 3 is 2.48 bits per heavy atom. The lowest BCUT2D eigenvalue weighted by Gasteiger charge is -2.16. The molecule has 0 saturated carbocycles. The van der Waals surface area contributed by atoms with Gasteiger partial charge in [0.15, 0.2) is 0 Å². The lowest BCUT2D eigenvalue weighted by Crippen LogP contribution is -2.26. The van der Waals surface area contributed by atoms with Gasteiger partial charge in [0.25, 0.3) is 0 Å². The summed E-state index contributed by atoms with van der Waals surface area (Å²) < 4.78 is 30.9. The Hall–Kier alpha value is -2.71. The van der Waals surface area contributed by atoms with E-state index in [2.05, 4.69) is 0 Å². The first-order valence-corrected chi connectivity index (χ1v) is 10.7. The minimum Gasteiger partial charge on any atom is -0.461 e. The highest BCUT2D eigenvalue weighted by molar-refractivity contribution is 7.89. The molecule has 29 heavy (non-hydrogen) atoms. The number of likely N-dealkylation sites (tertiary alicyclic amines) is 1. The fourth-order valence-corrected chi connectivity index (χ4v) is 4.14. The molecule has 1 atom stereocenters. The van der Waals surface area contributed by atoms with Crippen LogP contribution in [0.3, 0.4) is 0 Å². The molecule has 1 amide bonds. The van der Waals surface area contributed by atoms with Crippen molar-refractivity contribution in [2.75, 3.05) is 20.6 Å². The number of nitrogens with zero attached hydrogens (tertiary/aromatic N) is 2. The molecule has 0 aliphatic carbocycles. The Labute approximate surface area is 170 Å². The summed E-state index contributed by atoms with van der Waals surface area (Å²) in [7, 11) is -0.639. The molecule has 1 heterocycles. The first-order valence-electron chi connectivity index (χ1n) is 9.27. The molecule has 1 aliphatic rings. The number of hydrogen-bond acceptors (Lipinski definition) is 5. The van der Waals surface area contributed by atoms with Gasteiger partial charge in [0, 0.05) is 33.6 Å². The van der Waals surface area contributed by atoms with Crippen molar-refractivity contribution >= 4 is 21.9 Å². The third kappa shape index (κ3) is 5.02. The van der Waals surface area contributed by atoms with Crippen molar-refractivity contribution in [3.05, 3.63) is 65.7 Å². The average Bonchev–Trinajstić information content (AvgIpc) is 3.07. The average molecular weight is 416 g/mol. The fourth-order valence-electron chi connectivity index (χ4n) is 3.17. The largest absolute Gasteiger partial charge is 0.461 e. The molecule has 2 aromatic rings. The van der Waals surface area contributed by atoms with E-state index in [0.717, 1.165) is 9.87 Å². The van der Waals surface area contributed by atoms with E-state index in [1.165, 1.54) is 26.2 Å². The highest BCUT2D eigenvalue weighted by atomic mass is 32.2. The lowest BCUT2D eigenvalue weighted by atomic mass is 10.1. The summed E-state index contributed by atoms with van der Waals surface area (Å²) in [4.78, 5) is 26.5.